The Morgan fingerprint density at radius 3 is 1.88 bits per heavy atom. The van der Waals surface area contributed by atoms with Crippen molar-refractivity contribution in [2.45, 2.75) is 11.3 Å². The van der Waals surface area contributed by atoms with E-state index >= 15 is 0 Å². The van der Waals surface area contributed by atoms with Crippen LogP contribution < -0.4 is 0 Å². The lowest BCUT2D eigenvalue weighted by Gasteiger charge is -2.02. The molecule has 0 spiro atoms. The van der Waals surface area contributed by atoms with E-state index in [0.29, 0.717) is 0 Å². The number of hydrogen-bond acceptors (Lipinski definition) is 2. The van der Waals surface area contributed by atoms with Gasteiger partial charge in [0.25, 0.3) is 10.1 Å². The van der Waals surface area contributed by atoms with Crippen LogP contribution in [0.4, 0.5) is 0 Å². The number of benzene rings is 2. The van der Waals surface area contributed by atoms with Crippen molar-refractivity contribution in [3.8, 4) is 0 Å². The van der Waals surface area contributed by atoms with Crippen molar-refractivity contribution >= 4 is 10.1 Å². The number of hydrogen-bond donors (Lipinski definition) is 1. The van der Waals surface area contributed by atoms with Crippen LogP contribution in [0.5, 0.6) is 0 Å². The average Bonchev–Trinajstić information content (AvgIpc) is 2.30. The first kappa shape index (κ1) is 11.8. The Morgan fingerprint density at radius 1 is 0.824 bits per heavy atom. The van der Waals surface area contributed by atoms with Crippen molar-refractivity contribution in [2.24, 2.45) is 0 Å². The highest BCUT2D eigenvalue weighted by atomic mass is 32.2. The first-order valence-corrected chi connectivity index (χ1v) is 6.60. The van der Waals surface area contributed by atoms with E-state index in [4.69, 9.17) is 4.55 Å². The van der Waals surface area contributed by atoms with Gasteiger partial charge in [0.15, 0.2) is 0 Å². The van der Waals surface area contributed by atoms with Gasteiger partial charge in [-0.1, -0.05) is 42.5 Å². The molecule has 0 saturated heterocycles. The van der Waals surface area contributed by atoms with Gasteiger partial charge in [0.05, 0.1) is 4.90 Å². The Morgan fingerprint density at radius 2 is 1.35 bits per heavy atom. The summed E-state index contributed by atoms with van der Waals surface area (Å²) in [6, 6.07) is 16.1. The summed E-state index contributed by atoms with van der Waals surface area (Å²) in [4.78, 5) is -0.0747. The summed E-state index contributed by atoms with van der Waals surface area (Å²) in [6.45, 7) is 0. The molecule has 0 bridgehead atoms. The molecule has 3 nitrogen and oxygen atoms in total. The van der Waals surface area contributed by atoms with Crippen LogP contribution in [-0.4, -0.2) is 13.0 Å². The van der Waals surface area contributed by atoms with Crippen LogP contribution in [0.15, 0.2) is 59.5 Å². The molecule has 2 aromatic carbocycles. The van der Waals surface area contributed by atoms with E-state index in [-0.39, 0.29) is 4.90 Å². The smallest absolute Gasteiger partial charge is 0.282 e. The van der Waals surface area contributed by atoms with Gasteiger partial charge in [0, 0.05) is 0 Å². The fourth-order valence-corrected chi connectivity index (χ4v) is 2.09. The van der Waals surface area contributed by atoms with E-state index < -0.39 is 10.1 Å². The van der Waals surface area contributed by atoms with Crippen LogP contribution in [0.1, 0.15) is 11.1 Å². The van der Waals surface area contributed by atoms with Crippen LogP contribution in [0.3, 0.4) is 0 Å². The molecule has 0 saturated carbocycles. The molecule has 88 valence electrons. The highest BCUT2D eigenvalue weighted by molar-refractivity contribution is 7.85. The third kappa shape index (κ3) is 3.15. The molecule has 0 heterocycles. The molecule has 0 atom stereocenters. The first-order chi connectivity index (χ1) is 8.05. The molecule has 17 heavy (non-hydrogen) atoms. The third-order valence-electron chi connectivity index (χ3n) is 2.47. The fourth-order valence-electron chi connectivity index (χ4n) is 1.61. The zero-order chi connectivity index (χ0) is 12.3. The largest absolute Gasteiger partial charge is 0.294 e. The van der Waals surface area contributed by atoms with Crippen LogP contribution >= 0.6 is 0 Å². The highest BCUT2D eigenvalue weighted by Crippen LogP contribution is 2.13. The van der Waals surface area contributed by atoms with Gasteiger partial charge in [-0.15, -0.1) is 0 Å². The predicted octanol–water partition coefficient (Wildman–Crippen LogP) is 2.52. The average molecular weight is 248 g/mol. The molecule has 2 aromatic rings. The minimum Gasteiger partial charge on any atom is -0.282 e. The van der Waals surface area contributed by atoms with E-state index in [1.165, 1.54) is 12.1 Å². The lowest BCUT2D eigenvalue weighted by molar-refractivity contribution is 0.483. The summed E-state index contributed by atoms with van der Waals surface area (Å²) in [6.07, 6.45) is 0.743. The lowest BCUT2D eigenvalue weighted by atomic mass is 10.1. The molecule has 0 aliphatic heterocycles. The molecule has 1 N–H and O–H groups in total. The van der Waals surface area contributed by atoms with Gasteiger partial charge in [-0.25, -0.2) is 0 Å². The maximum absolute atomic E-state index is 10.9. The Bertz CT molecular complexity index is 586. The Hall–Kier alpha value is -1.65. The second-order valence-corrected chi connectivity index (χ2v) is 5.20. The van der Waals surface area contributed by atoms with E-state index in [0.717, 1.165) is 17.5 Å². The van der Waals surface area contributed by atoms with Gasteiger partial charge in [-0.05, 0) is 29.7 Å². The second kappa shape index (κ2) is 4.69. The minimum atomic E-state index is -4.09. The fraction of sp³-hybridized carbons (Fsp3) is 0.0769. The minimum absolute atomic E-state index is 0.0747. The van der Waals surface area contributed by atoms with Crippen LogP contribution in [-0.2, 0) is 16.5 Å². The summed E-state index contributed by atoms with van der Waals surface area (Å²) < 4.78 is 30.6. The van der Waals surface area contributed by atoms with Gasteiger partial charge >= 0.3 is 0 Å². The molecular formula is C13H12O3S. The van der Waals surface area contributed by atoms with Crippen molar-refractivity contribution in [1.82, 2.24) is 0 Å². The lowest BCUT2D eigenvalue weighted by Crippen LogP contribution is -1.98. The quantitative estimate of drug-likeness (QED) is 0.849. The molecular weight excluding hydrogens is 236 g/mol. The topological polar surface area (TPSA) is 54.4 Å². The van der Waals surface area contributed by atoms with Gasteiger partial charge < -0.3 is 0 Å². The monoisotopic (exact) mass is 248 g/mol. The number of rotatable bonds is 3. The maximum atomic E-state index is 10.9. The Labute approximate surface area is 100 Å². The molecule has 2 rings (SSSR count). The van der Waals surface area contributed by atoms with E-state index in [9.17, 15) is 8.42 Å². The summed E-state index contributed by atoms with van der Waals surface area (Å²) >= 11 is 0. The van der Waals surface area contributed by atoms with Gasteiger partial charge in [0.2, 0.25) is 0 Å². The summed E-state index contributed by atoms with van der Waals surface area (Å²) in [5.74, 6) is 0. The molecule has 0 aliphatic rings. The van der Waals surface area contributed by atoms with Gasteiger partial charge in [-0.2, -0.15) is 8.42 Å². The van der Waals surface area contributed by atoms with Gasteiger partial charge in [-0.3, -0.25) is 4.55 Å². The van der Waals surface area contributed by atoms with Crippen molar-refractivity contribution in [2.75, 3.05) is 0 Å². The molecule has 0 unspecified atom stereocenters. The normalized spacial score (nSPS) is 11.4. The Balaban J connectivity index is 2.20. The first-order valence-electron chi connectivity index (χ1n) is 5.16. The molecule has 4 heteroatoms. The summed E-state index contributed by atoms with van der Waals surface area (Å²) in [7, 11) is -4.09. The molecule has 0 aromatic heterocycles. The molecule has 0 fully saturated rings. The SMILES string of the molecule is O=S(=O)(O)c1ccc(Cc2ccccc2)cc1. The molecule has 0 aliphatic carbocycles. The standard InChI is InChI=1S/C13H12O3S/c14-17(15,16)13-8-6-12(7-9-13)10-11-4-2-1-3-5-11/h1-9H,10H2,(H,14,15,16). The zero-order valence-electron chi connectivity index (χ0n) is 9.08. The van der Waals surface area contributed by atoms with Crippen LogP contribution in [0.2, 0.25) is 0 Å². The van der Waals surface area contributed by atoms with Crippen molar-refractivity contribution in [3.05, 3.63) is 65.7 Å². The van der Waals surface area contributed by atoms with Crippen LogP contribution in [0.25, 0.3) is 0 Å². The Kier molecular flexibility index (Phi) is 3.26. The molecule has 0 amide bonds. The molecule has 0 radical (unpaired) electrons. The van der Waals surface area contributed by atoms with E-state index in [2.05, 4.69) is 0 Å². The summed E-state index contributed by atoms with van der Waals surface area (Å²) in [5, 5.41) is 0. The van der Waals surface area contributed by atoms with Crippen molar-refractivity contribution in [1.29, 1.82) is 0 Å². The third-order valence-corrected chi connectivity index (χ3v) is 3.34. The summed E-state index contributed by atoms with van der Waals surface area (Å²) in [5.41, 5.74) is 2.16. The zero-order valence-corrected chi connectivity index (χ0v) is 9.89. The van der Waals surface area contributed by atoms with Crippen molar-refractivity contribution in [3.63, 3.8) is 0 Å². The van der Waals surface area contributed by atoms with E-state index in [1.807, 2.05) is 30.3 Å². The maximum Gasteiger partial charge on any atom is 0.294 e. The predicted molar refractivity (Wildman–Crippen MR) is 65.5 cm³/mol. The second-order valence-electron chi connectivity index (χ2n) is 3.78. The van der Waals surface area contributed by atoms with E-state index in [1.54, 1.807) is 12.1 Å². The van der Waals surface area contributed by atoms with Crippen molar-refractivity contribution < 1.29 is 13.0 Å². The highest BCUT2D eigenvalue weighted by Gasteiger charge is 2.08. The van der Waals surface area contributed by atoms with Gasteiger partial charge in [0.1, 0.15) is 0 Å². The van der Waals surface area contributed by atoms with Crippen LogP contribution in [0, 0.1) is 0 Å².